The number of rotatable bonds is 2. The summed E-state index contributed by atoms with van der Waals surface area (Å²) in [6, 6.07) is 3.51. The third-order valence-electron chi connectivity index (χ3n) is 5.07. The maximum atomic E-state index is 12.4. The number of carbonyl (C=O) groups is 2. The number of allylic oxidation sites excluding steroid dienone is 1. The Balaban J connectivity index is 1.52. The van der Waals surface area contributed by atoms with E-state index in [2.05, 4.69) is 6.92 Å². The van der Waals surface area contributed by atoms with Gasteiger partial charge in [0, 0.05) is 32.3 Å². The van der Waals surface area contributed by atoms with Crippen molar-refractivity contribution in [2.24, 2.45) is 5.92 Å². The van der Waals surface area contributed by atoms with Crippen molar-refractivity contribution in [2.45, 2.75) is 39.5 Å². The van der Waals surface area contributed by atoms with Crippen LogP contribution < -0.4 is 0 Å². The molecule has 130 valence electrons. The van der Waals surface area contributed by atoms with Gasteiger partial charge in [-0.2, -0.15) is 0 Å². The van der Waals surface area contributed by atoms with Crippen molar-refractivity contribution >= 4 is 11.8 Å². The second kappa shape index (κ2) is 7.24. The molecule has 2 aliphatic rings. The van der Waals surface area contributed by atoms with Crippen LogP contribution in [0.4, 0.5) is 0 Å². The highest BCUT2D eigenvalue weighted by atomic mass is 16.3. The Morgan fingerprint density at radius 2 is 1.71 bits per heavy atom. The van der Waals surface area contributed by atoms with E-state index in [1.807, 2.05) is 17.9 Å². The third kappa shape index (κ3) is 3.89. The number of hydrogen-bond acceptors (Lipinski definition) is 3. The van der Waals surface area contributed by atoms with Gasteiger partial charge in [-0.05, 0) is 50.7 Å². The average molecular weight is 330 g/mol. The highest BCUT2D eigenvalue weighted by molar-refractivity contribution is 5.92. The molecule has 5 nitrogen and oxygen atoms in total. The van der Waals surface area contributed by atoms with Gasteiger partial charge >= 0.3 is 0 Å². The first-order chi connectivity index (χ1) is 11.5. The summed E-state index contributed by atoms with van der Waals surface area (Å²) in [7, 11) is 0. The molecule has 0 atom stereocenters. The summed E-state index contributed by atoms with van der Waals surface area (Å²) in [5.41, 5.74) is 1.28. The molecule has 2 amide bonds. The van der Waals surface area contributed by atoms with Crippen molar-refractivity contribution in [2.75, 3.05) is 26.2 Å². The van der Waals surface area contributed by atoms with Crippen LogP contribution in [0.5, 0.6) is 0 Å². The lowest BCUT2D eigenvalue weighted by Gasteiger charge is -2.34. The van der Waals surface area contributed by atoms with Crippen molar-refractivity contribution in [1.82, 2.24) is 9.80 Å². The second-order valence-corrected chi connectivity index (χ2v) is 7.01. The molecule has 2 fully saturated rings. The van der Waals surface area contributed by atoms with Crippen LogP contribution in [0.2, 0.25) is 0 Å². The van der Waals surface area contributed by atoms with Gasteiger partial charge in [0.2, 0.25) is 5.91 Å². The minimum atomic E-state index is -0.0881. The molecule has 1 aliphatic heterocycles. The molecule has 0 spiro atoms. The predicted molar refractivity (Wildman–Crippen MR) is 91.6 cm³/mol. The van der Waals surface area contributed by atoms with Crippen molar-refractivity contribution in [3.63, 3.8) is 0 Å². The number of hydrogen-bond donors (Lipinski definition) is 0. The molecule has 24 heavy (non-hydrogen) atoms. The van der Waals surface area contributed by atoms with Gasteiger partial charge < -0.3 is 14.2 Å². The number of amides is 2. The fourth-order valence-corrected chi connectivity index (χ4v) is 3.38. The van der Waals surface area contributed by atoms with E-state index in [4.69, 9.17) is 4.42 Å². The number of nitrogens with zero attached hydrogens (tertiary/aromatic N) is 2. The minimum Gasteiger partial charge on any atom is -0.456 e. The van der Waals surface area contributed by atoms with Crippen LogP contribution in [0, 0.1) is 12.8 Å². The molecule has 1 aromatic heterocycles. The Bertz CT molecular complexity index is 629. The first-order valence-electron chi connectivity index (χ1n) is 8.87. The zero-order chi connectivity index (χ0) is 17.1. The summed E-state index contributed by atoms with van der Waals surface area (Å²) in [5, 5.41) is 0. The van der Waals surface area contributed by atoms with E-state index in [0.717, 1.165) is 24.5 Å². The van der Waals surface area contributed by atoms with E-state index >= 15 is 0 Å². The molecule has 3 rings (SSSR count). The highest BCUT2D eigenvalue weighted by Gasteiger charge is 2.26. The maximum Gasteiger partial charge on any atom is 0.289 e. The van der Waals surface area contributed by atoms with Crippen LogP contribution in [0.1, 0.15) is 48.9 Å². The van der Waals surface area contributed by atoms with Crippen LogP contribution in [0.3, 0.4) is 0 Å². The third-order valence-corrected chi connectivity index (χ3v) is 5.07. The molecule has 2 heterocycles. The Morgan fingerprint density at radius 3 is 2.29 bits per heavy atom. The normalized spacial score (nSPS) is 21.8. The smallest absolute Gasteiger partial charge is 0.289 e. The van der Waals surface area contributed by atoms with Crippen molar-refractivity contribution in [1.29, 1.82) is 0 Å². The minimum absolute atomic E-state index is 0.0881. The molecular weight excluding hydrogens is 304 g/mol. The van der Waals surface area contributed by atoms with Crippen LogP contribution in [0.25, 0.3) is 0 Å². The van der Waals surface area contributed by atoms with E-state index in [1.165, 1.54) is 18.4 Å². The summed E-state index contributed by atoms with van der Waals surface area (Å²) >= 11 is 0. The number of furan rings is 1. The van der Waals surface area contributed by atoms with Gasteiger partial charge in [0.1, 0.15) is 5.76 Å². The Morgan fingerprint density at radius 1 is 1.08 bits per heavy atom. The van der Waals surface area contributed by atoms with Crippen LogP contribution in [-0.4, -0.2) is 47.8 Å². The Hall–Kier alpha value is -2.04. The molecule has 1 aromatic rings. The van der Waals surface area contributed by atoms with Gasteiger partial charge in [-0.15, -0.1) is 0 Å². The van der Waals surface area contributed by atoms with E-state index in [9.17, 15) is 9.59 Å². The summed E-state index contributed by atoms with van der Waals surface area (Å²) < 4.78 is 5.40. The molecule has 1 saturated heterocycles. The lowest BCUT2D eigenvalue weighted by molar-refractivity contribution is -0.127. The molecule has 0 bridgehead atoms. The van der Waals surface area contributed by atoms with Gasteiger partial charge in [-0.3, -0.25) is 9.59 Å². The van der Waals surface area contributed by atoms with Crippen LogP contribution >= 0.6 is 0 Å². The lowest BCUT2D eigenvalue weighted by Crippen LogP contribution is -2.50. The number of carbonyl (C=O) groups excluding carboxylic acids is 2. The monoisotopic (exact) mass is 330 g/mol. The first kappa shape index (κ1) is 16.8. The molecule has 0 N–H and O–H groups in total. The van der Waals surface area contributed by atoms with Crippen molar-refractivity contribution < 1.29 is 14.0 Å². The van der Waals surface area contributed by atoms with Gasteiger partial charge in [0.25, 0.3) is 5.91 Å². The van der Waals surface area contributed by atoms with Crippen molar-refractivity contribution in [3.05, 3.63) is 35.3 Å². The molecule has 1 saturated carbocycles. The molecule has 0 aromatic carbocycles. The van der Waals surface area contributed by atoms with Crippen LogP contribution in [-0.2, 0) is 4.79 Å². The molecular formula is C19H26N2O3. The zero-order valence-corrected chi connectivity index (χ0v) is 14.6. The molecule has 5 heteroatoms. The fourth-order valence-electron chi connectivity index (χ4n) is 3.38. The van der Waals surface area contributed by atoms with E-state index in [-0.39, 0.29) is 11.8 Å². The van der Waals surface area contributed by atoms with Gasteiger partial charge in [0.05, 0.1) is 0 Å². The van der Waals surface area contributed by atoms with E-state index < -0.39 is 0 Å². The number of aryl methyl sites for hydroxylation is 1. The van der Waals surface area contributed by atoms with E-state index in [0.29, 0.717) is 31.9 Å². The zero-order valence-electron chi connectivity index (χ0n) is 14.6. The van der Waals surface area contributed by atoms with Crippen molar-refractivity contribution in [3.8, 4) is 0 Å². The summed E-state index contributed by atoms with van der Waals surface area (Å²) in [6.45, 7) is 6.40. The van der Waals surface area contributed by atoms with Crippen LogP contribution in [0.15, 0.2) is 28.2 Å². The standard InChI is InChI=1S/C19H26N2O3/c1-14-3-6-16(7-4-14)13-18(22)20-9-11-21(12-10-20)19(23)17-8-5-15(2)24-17/h5,8,13-14H,3-4,6-7,9-12H2,1-2H3. The topological polar surface area (TPSA) is 53.8 Å². The number of piperazine rings is 1. The molecule has 0 unspecified atom stereocenters. The van der Waals surface area contributed by atoms with Gasteiger partial charge in [-0.1, -0.05) is 12.5 Å². The molecule has 0 radical (unpaired) electrons. The second-order valence-electron chi connectivity index (χ2n) is 7.01. The largest absolute Gasteiger partial charge is 0.456 e. The first-order valence-corrected chi connectivity index (χ1v) is 8.87. The summed E-state index contributed by atoms with van der Waals surface area (Å²) in [6.07, 6.45) is 6.29. The Kier molecular flexibility index (Phi) is 5.07. The summed E-state index contributed by atoms with van der Waals surface area (Å²) in [4.78, 5) is 28.4. The van der Waals surface area contributed by atoms with E-state index in [1.54, 1.807) is 17.0 Å². The SMILES string of the molecule is Cc1ccc(C(=O)N2CCN(C(=O)C=C3CCC(C)CC3)CC2)o1. The predicted octanol–water partition coefficient (Wildman–Crippen LogP) is 3.01. The quantitative estimate of drug-likeness (QED) is 0.783. The Labute approximate surface area is 143 Å². The van der Waals surface area contributed by atoms with Gasteiger partial charge in [-0.25, -0.2) is 0 Å². The summed E-state index contributed by atoms with van der Waals surface area (Å²) in [5.74, 6) is 1.90. The highest BCUT2D eigenvalue weighted by Crippen LogP contribution is 2.27. The lowest BCUT2D eigenvalue weighted by atomic mass is 9.87. The molecule has 1 aliphatic carbocycles. The fraction of sp³-hybridized carbons (Fsp3) is 0.579. The maximum absolute atomic E-state index is 12.4. The van der Waals surface area contributed by atoms with Gasteiger partial charge in [0.15, 0.2) is 5.76 Å². The average Bonchev–Trinajstić information content (AvgIpc) is 3.03.